The van der Waals surface area contributed by atoms with Crippen LogP contribution in [0.25, 0.3) is 0 Å². The van der Waals surface area contributed by atoms with Crippen molar-refractivity contribution in [1.82, 2.24) is 0 Å². The largest absolute Gasteiger partial charge is 0.251 e. The maximum Gasteiger partial charge on any atom is 0.0894 e. The van der Waals surface area contributed by atoms with Gasteiger partial charge in [-0.15, -0.1) is 0 Å². The molecule has 0 amide bonds. The molecule has 186 valence electrons. The number of hydrogen-bond donors (Lipinski definition) is 0. The second-order valence-corrected chi connectivity index (χ2v) is 12.2. The lowest BCUT2D eigenvalue weighted by atomic mass is 9.68. The summed E-state index contributed by atoms with van der Waals surface area (Å²) in [6, 6.07) is 9.32. The van der Waals surface area contributed by atoms with Crippen molar-refractivity contribution in [2.24, 2.45) is 29.6 Å². The third kappa shape index (κ3) is 7.57. The molecule has 0 atom stereocenters. The van der Waals surface area contributed by atoms with Gasteiger partial charge in [0.25, 0.3) is 0 Å². The van der Waals surface area contributed by atoms with Crippen molar-refractivity contribution in [3.8, 4) is 0 Å². The zero-order valence-electron chi connectivity index (χ0n) is 21.6. The molecule has 0 bridgehead atoms. The van der Waals surface area contributed by atoms with Gasteiger partial charge in [0, 0.05) is 0 Å². The van der Waals surface area contributed by atoms with Crippen LogP contribution >= 0.6 is 0 Å². The second kappa shape index (κ2) is 13.3. The van der Waals surface area contributed by atoms with Gasteiger partial charge in [-0.1, -0.05) is 76.1 Å². The van der Waals surface area contributed by atoms with Crippen molar-refractivity contribution < 1.29 is 4.39 Å². The highest BCUT2D eigenvalue weighted by Gasteiger charge is 2.31. The summed E-state index contributed by atoms with van der Waals surface area (Å²) in [5.41, 5.74) is 2.93. The molecule has 3 aliphatic carbocycles. The number of benzene rings is 1. The monoisotopic (exact) mass is 454 g/mol. The van der Waals surface area contributed by atoms with E-state index < -0.39 is 0 Å². The smallest absolute Gasteiger partial charge is 0.0894 e. The molecule has 0 aromatic heterocycles. The van der Waals surface area contributed by atoms with Crippen molar-refractivity contribution in [3.63, 3.8) is 0 Å². The Kier molecular flexibility index (Phi) is 10.2. The van der Waals surface area contributed by atoms with Gasteiger partial charge >= 0.3 is 0 Å². The van der Waals surface area contributed by atoms with Crippen LogP contribution < -0.4 is 0 Å². The minimum Gasteiger partial charge on any atom is -0.251 e. The predicted molar refractivity (Wildman–Crippen MR) is 140 cm³/mol. The van der Waals surface area contributed by atoms with Gasteiger partial charge < -0.3 is 0 Å². The fraction of sp³-hybridized carbons (Fsp3) is 0.812. The maximum atomic E-state index is 12.3. The zero-order valence-corrected chi connectivity index (χ0v) is 21.6. The van der Waals surface area contributed by atoms with Crippen molar-refractivity contribution in [1.29, 1.82) is 0 Å². The molecule has 0 saturated heterocycles. The molecular weight excluding hydrogens is 403 g/mol. The number of alkyl halides is 1. The van der Waals surface area contributed by atoms with Crippen molar-refractivity contribution in [2.45, 2.75) is 128 Å². The van der Waals surface area contributed by atoms with Crippen molar-refractivity contribution >= 4 is 0 Å². The number of unbranched alkanes of at least 4 members (excludes halogenated alkanes) is 1. The summed E-state index contributed by atoms with van der Waals surface area (Å²) in [6.45, 7) is 2.21. The van der Waals surface area contributed by atoms with Crippen LogP contribution in [0.1, 0.15) is 133 Å². The van der Waals surface area contributed by atoms with Gasteiger partial charge in [-0.2, -0.15) is 0 Å². The van der Waals surface area contributed by atoms with Crippen LogP contribution in [0.4, 0.5) is 4.39 Å². The molecular formula is C32H51F. The van der Waals surface area contributed by atoms with Gasteiger partial charge in [-0.3, -0.25) is 4.39 Å². The number of rotatable bonds is 10. The number of hydrogen-bond acceptors (Lipinski definition) is 0. The van der Waals surface area contributed by atoms with Gasteiger partial charge in [0.15, 0.2) is 0 Å². The molecule has 0 N–H and O–H groups in total. The van der Waals surface area contributed by atoms with Crippen LogP contribution in [0.5, 0.6) is 0 Å². The Labute approximate surface area is 204 Å². The fourth-order valence-electron chi connectivity index (χ4n) is 7.65. The highest BCUT2D eigenvalue weighted by atomic mass is 19.1. The Balaban J connectivity index is 1.10. The van der Waals surface area contributed by atoms with E-state index in [1.54, 1.807) is 31.2 Å². The number of aryl methyl sites for hydroxylation is 1. The molecule has 3 saturated carbocycles. The van der Waals surface area contributed by atoms with E-state index in [9.17, 15) is 4.39 Å². The van der Waals surface area contributed by atoms with E-state index in [2.05, 4.69) is 31.2 Å². The lowest BCUT2D eigenvalue weighted by Gasteiger charge is -2.38. The zero-order chi connectivity index (χ0) is 22.9. The SMILES string of the molecule is CC[C@H]1CC[C@H]([C@H]2CC[C@H](CC[C@H]3CC[C@H](c4ccc(CCCCF)cc4)CC3)CC2)CC1. The molecule has 0 aliphatic heterocycles. The first-order valence-corrected chi connectivity index (χ1v) is 14.9. The summed E-state index contributed by atoms with van der Waals surface area (Å²) in [5, 5.41) is 0. The van der Waals surface area contributed by atoms with E-state index in [0.717, 1.165) is 48.3 Å². The van der Waals surface area contributed by atoms with E-state index in [1.807, 2.05) is 0 Å². The highest BCUT2D eigenvalue weighted by molar-refractivity contribution is 5.26. The van der Waals surface area contributed by atoms with Gasteiger partial charge in [0.05, 0.1) is 6.67 Å². The van der Waals surface area contributed by atoms with E-state index in [0.29, 0.717) is 6.42 Å². The van der Waals surface area contributed by atoms with E-state index in [-0.39, 0.29) is 6.67 Å². The van der Waals surface area contributed by atoms with Gasteiger partial charge in [-0.25, -0.2) is 0 Å². The van der Waals surface area contributed by atoms with Crippen LogP contribution in [-0.4, -0.2) is 6.67 Å². The molecule has 0 unspecified atom stereocenters. The Morgan fingerprint density at radius 1 is 0.636 bits per heavy atom. The average molecular weight is 455 g/mol. The molecule has 4 rings (SSSR count). The van der Waals surface area contributed by atoms with E-state index >= 15 is 0 Å². The Bertz CT molecular complexity index is 640. The molecule has 0 spiro atoms. The van der Waals surface area contributed by atoms with Gasteiger partial charge in [-0.05, 0) is 117 Å². The average Bonchev–Trinajstić information content (AvgIpc) is 2.89. The van der Waals surface area contributed by atoms with Crippen LogP contribution in [0.3, 0.4) is 0 Å². The lowest BCUT2D eigenvalue weighted by molar-refractivity contribution is 0.138. The minimum absolute atomic E-state index is 0.178. The van der Waals surface area contributed by atoms with Crippen LogP contribution in [0.2, 0.25) is 0 Å². The van der Waals surface area contributed by atoms with Gasteiger partial charge in [0.2, 0.25) is 0 Å². The Hall–Kier alpha value is -0.850. The number of halogens is 1. The van der Waals surface area contributed by atoms with Crippen LogP contribution in [0.15, 0.2) is 24.3 Å². The summed E-state index contributed by atoms with van der Waals surface area (Å²) in [5.74, 6) is 6.00. The predicted octanol–water partition coefficient (Wildman–Crippen LogP) is 10.1. The first kappa shape index (κ1) is 25.2. The lowest BCUT2D eigenvalue weighted by Crippen LogP contribution is -2.26. The Morgan fingerprint density at radius 2 is 1.15 bits per heavy atom. The molecule has 0 nitrogen and oxygen atoms in total. The quantitative estimate of drug-likeness (QED) is 0.308. The van der Waals surface area contributed by atoms with Gasteiger partial charge in [0.1, 0.15) is 0 Å². The van der Waals surface area contributed by atoms with E-state index in [1.165, 1.54) is 76.2 Å². The molecule has 3 aliphatic rings. The Morgan fingerprint density at radius 3 is 1.67 bits per heavy atom. The summed E-state index contributed by atoms with van der Waals surface area (Å²) in [4.78, 5) is 0. The summed E-state index contributed by atoms with van der Waals surface area (Å²) in [6.07, 6.45) is 25.1. The molecule has 0 radical (unpaired) electrons. The summed E-state index contributed by atoms with van der Waals surface area (Å²) in [7, 11) is 0. The van der Waals surface area contributed by atoms with Crippen LogP contribution in [-0.2, 0) is 6.42 Å². The molecule has 1 aromatic rings. The molecule has 33 heavy (non-hydrogen) atoms. The third-order valence-corrected chi connectivity index (χ3v) is 10.2. The highest BCUT2D eigenvalue weighted by Crippen LogP contribution is 2.44. The third-order valence-electron chi connectivity index (χ3n) is 10.2. The maximum absolute atomic E-state index is 12.3. The topological polar surface area (TPSA) is 0 Å². The second-order valence-electron chi connectivity index (χ2n) is 12.2. The first-order chi connectivity index (χ1) is 16.2. The summed E-state index contributed by atoms with van der Waals surface area (Å²) >= 11 is 0. The fourth-order valence-corrected chi connectivity index (χ4v) is 7.65. The minimum atomic E-state index is -0.178. The van der Waals surface area contributed by atoms with E-state index in [4.69, 9.17) is 0 Å². The standard InChI is InChI=1S/C32H51F/c1-2-25-8-16-29(17-9-25)31-20-12-27(13-21-31)6-7-28-14-22-32(23-15-28)30-18-10-26(11-19-30)5-3-4-24-33/h10-11,18-19,25,27-29,31-32H,2-9,12-17,20-24H2,1H3/t25-,27-,28-,29-,31-,32-. The summed E-state index contributed by atoms with van der Waals surface area (Å²) < 4.78 is 12.3. The first-order valence-electron chi connectivity index (χ1n) is 14.9. The molecule has 3 fully saturated rings. The molecule has 0 heterocycles. The van der Waals surface area contributed by atoms with Crippen LogP contribution in [0, 0.1) is 29.6 Å². The van der Waals surface area contributed by atoms with Crippen molar-refractivity contribution in [3.05, 3.63) is 35.4 Å². The molecule has 1 aromatic carbocycles. The van der Waals surface area contributed by atoms with Crippen molar-refractivity contribution in [2.75, 3.05) is 6.67 Å². The molecule has 1 heteroatoms. The normalized spacial score (nSPS) is 33.2.